The van der Waals surface area contributed by atoms with Crippen molar-refractivity contribution in [1.29, 1.82) is 0 Å². The Hall–Kier alpha value is -0.610. The first-order valence-corrected chi connectivity index (χ1v) is 5.83. The molecule has 1 amide bonds. The van der Waals surface area contributed by atoms with Crippen molar-refractivity contribution in [1.82, 2.24) is 10.6 Å². The Kier molecular flexibility index (Phi) is 5.65. The Morgan fingerprint density at radius 2 is 2.47 bits per heavy atom. The summed E-state index contributed by atoms with van der Waals surface area (Å²) in [5.74, 6) is 0.303. The van der Waals surface area contributed by atoms with Gasteiger partial charge < -0.3 is 15.4 Å². The van der Waals surface area contributed by atoms with Gasteiger partial charge in [-0.25, -0.2) is 0 Å². The van der Waals surface area contributed by atoms with Crippen LogP contribution in [0.2, 0.25) is 0 Å². The van der Waals surface area contributed by atoms with Gasteiger partial charge in [-0.2, -0.15) is 0 Å². The first kappa shape index (κ1) is 12.5. The highest BCUT2D eigenvalue weighted by atomic mass is 16.5. The van der Waals surface area contributed by atoms with Crippen molar-refractivity contribution in [3.63, 3.8) is 0 Å². The zero-order valence-electron chi connectivity index (χ0n) is 9.71. The summed E-state index contributed by atoms with van der Waals surface area (Å²) in [6.07, 6.45) is 2.10. The summed E-state index contributed by atoms with van der Waals surface area (Å²) >= 11 is 0. The Bertz CT molecular complexity index is 191. The summed E-state index contributed by atoms with van der Waals surface area (Å²) in [4.78, 5) is 11.8. The van der Waals surface area contributed by atoms with Gasteiger partial charge in [0.25, 0.3) is 0 Å². The smallest absolute Gasteiger partial charge is 0.224 e. The van der Waals surface area contributed by atoms with Crippen LogP contribution in [0.15, 0.2) is 0 Å². The molecule has 15 heavy (non-hydrogen) atoms. The highest BCUT2D eigenvalue weighted by molar-refractivity contribution is 5.79. The van der Waals surface area contributed by atoms with Gasteiger partial charge in [0.2, 0.25) is 5.91 Å². The molecule has 0 spiro atoms. The Morgan fingerprint density at radius 3 is 3.07 bits per heavy atom. The van der Waals surface area contributed by atoms with Crippen LogP contribution < -0.4 is 10.6 Å². The number of carbonyl (C=O) groups excluding carboxylic acids is 1. The minimum atomic E-state index is 0.111. The van der Waals surface area contributed by atoms with Crippen molar-refractivity contribution in [2.75, 3.05) is 26.3 Å². The number of hydrogen-bond donors (Lipinski definition) is 2. The minimum absolute atomic E-state index is 0.111. The summed E-state index contributed by atoms with van der Waals surface area (Å²) in [6, 6.07) is 0.111. The molecule has 0 bridgehead atoms. The number of ether oxygens (including phenoxy) is 1. The monoisotopic (exact) mass is 214 g/mol. The lowest BCUT2D eigenvalue weighted by molar-refractivity contribution is -0.126. The van der Waals surface area contributed by atoms with Crippen LogP contribution in [-0.2, 0) is 9.53 Å². The van der Waals surface area contributed by atoms with Crippen molar-refractivity contribution >= 4 is 5.91 Å². The quantitative estimate of drug-likeness (QED) is 0.702. The molecule has 1 aliphatic rings. The molecule has 0 aliphatic carbocycles. The molecule has 0 saturated carbocycles. The van der Waals surface area contributed by atoms with E-state index in [9.17, 15) is 4.79 Å². The normalized spacial score (nSPS) is 23.5. The average molecular weight is 214 g/mol. The van der Waals surface area contributed by atoms with Crippen molar-refractivity contribution < 1.29 is 9.53 Å². The fraction of sp³-hybridized carbons (Fsp3) is 0.909. The van der Waals surface area contributed by atoms with E-state index in [2.05, 4.69) is 10.6 Å². The van der Waals surface area contributed by atoms with Crippen molar-refractivity contribution in [3.8, 4) is 0 Å². The minimum Gasteiger partial charge on any atom is -0.380 e. The van der Waals surface area contributed by atoms with Crippen LogP contribution in [0.5, 0.6) is 0 Å². The first-order chi connectivity index (χ1) is 7.24. The summed E-state index contributed by atoms with van der Waals surface area (Å²) in [6.45, 7) is 7.09. The molecule has 0 aromatic rings. The van der Waals surface area contributed by atoms with Crippen LogP contribution >= 0.6 is 0 Å². The predicted molar refractivity (Wildman–Crippen MR) is 59.7 cm³/mol. The SMILES string of the molecule is CCOCC(C)NC(=O)C1CCCNC1. The summed E-state index contributed by atoms with van der Waals surface area (Å²) in [5, 5.41) is 6.22. The molecule has 0 aromatic carbocycles. The molecule has 0 aromatic heterocycles. The molecule has 1 aliphatic heterocycles. The third-order valence-electron chi connectivity index (χ3n) is 2.63. The fourth-order valence-electron chi connectivity index (χ4n) is 1.77. The van der Waals surface area contributed by atoms with Crippen LogP contribution in [0.1, 0.15) is 26.7 Å². The van der Waals surface area contributed by atoms with Gasteiger partial charge in [-0.05, 0) is 33.2 Å². The van der Waals surface area contributed by atoms with Crippen LogP contribution in [0.4, 0.5) is 0 Å². The molecular formula is C11H22N2O2. The van der Waals surface area contributed by atoms with E-state index in [1.807, 2.05) is 13.8 Å². The second-order valence-corrected chi connectivity index (χ2v) is 4.11. The Morgan fingerprint density at radius 1 is 1.67 bits per heavy atom. The molecule has 0 radical (unpaired) electrons. The van der Waals surface area contributed by atoms with E-state index < -0.39 is 0 Å². The fourth-order valence-corrected chi connectivity index (χ4v) is 1.77. The summed E-state index contributed by atoms with van der Waals surface area (Å²) < 4.78 is 5.25. The molecule has 1 fully saturated rings. The lowest BCUT2D eigenvalue weighted by Crippen LogP contribution is -2.44. The molecule has 1 heterocycles. The maximum absolute atomic E-state index is 11.8. The van der Waals surface area contributed by atoms with Crippen LogP contribution in [0.3, 0.4) is 0 Å². The molecule has 2 N–H and O–H groups in total. The van der Waals surface area contributed by atoms with Gasteiger partial charge >= 0.3 is 0 Å². The van der Waals surface area contributed by atoms with Gasteiger partial charge in [-0.15, -0.1) is 0 Å². The summed E-state index contributed by atoms with van der Waals surface area (Å²) in [5.41, 5.74) is 0. The maximum Gasteiger partial charge on any atom is 0.224 e. The molecular weight excluding hydrogens is 192 g/mol. The molecule has 88 valence electrons. The van der Waals surface area contributed by atoms with Gasteiger partial charge in [-0.1, -0.05) is 0 Å². The van der Waals surface area contributed by atoms with Gasteiger partial charge in [0, 0.05) is 19.2 Å². The zero-order chi connectivity index (χ0) is 11.1. The highest BCUT2D eigenvalue weighted by Gasteiger charge is 2.21. The molecule has 1 rings (SSSR count). The third-order valence-corrected chi connectivity index (χ3v) is 2.63. The zero-order valence-corrected chi connectivity index (χ0v) is 9.71. The van der Waals surface area contributed by atoms with E-state index >= 15 is 0 Å². The largest absolute Gasteiger partial charge is 0.380 e. The van der Waals surface area contributed by atoms with Crippen LogP contribution in [-0.4, -0.2) is 38.3 Å². The highest BCUT2D eigenvalue weighted by Crippen LogP contribution is 2.09. The number of nitrogens with one attached hydrogen (secondary N) is 2. The van der Waals surface area contributed by atoms with Gasteiger partial charge in [0.15, 0.2) is 0 Å². The number of hydrogen-bond acceptors (Lipinski definition) is 3. The third kappa shape index (κ3) is 4.62. The number of carbonyl (C=O) groups is 1. The van der Waals surface area contributed by atoms with E-state index in [0.29, 0.717) is 13.2 Å². The molecule has 2 unspecified atom stereocenters. The van der Waals surface area contributed by atoms with Gasteiger partial charge in [0.05, 0.1) is 12.5 Å². The topological polar surface area (TPSA) is 50.4 Å². The van der Waals surface area contributed by atoms with Crippen LogP contribution in [0.25, 0.3) is 0 Å². The van der Waals surface area contributed by atoms with Crippen molar-refractivity contribution in [2.45, 2.75) is 32.7 Å². The Balaban J connectivity index is 2.21. The molecule has 1 saturated heterocycles. The van der Waals surface area contributed by atoms with Gasteiger partial charge in [-0.3, -0.25) is 4.79 Å². The van der Waals surface area contributed by atoms with E-state index in [4.69, 9.17) is 4.74 Å². The lowest BCUT2D eigenvalue weighted by Gasteiger charge is -2.23. The number of rotatable bonds is 5. The second kappa shape index (κ2) is 6.80. The standard InChI is InChI=1S/C11H22N2O2/c1-3-15-8-9(2)13-11(14)10-5-4-6-12-7-10/h9-10,12H,3-8H2,1-2H3,(H,13,14). The maximum atomic E-state index is 11.8. The second-order valence-electron chi connectivity index (χ2n) is 4.11. The molecule has 4 nitrogen and oxygen atoms in total. The van der Waals surface area contributed by atoms with Crippen LogP contribution in [0, 0.1) is 5.92 Å². The Labute approximate surface area is 91.8 Å². The molecule has 4 heteroatoms. The first-order valence-electron chi connectivity index (χ1n) is 5.83. The predicted octanol–water partition coefficient (Wildman–Crippen LogP) is 0.527. The van der Waals surface area contributed by atoms with Crippen molar-refractivity contribution in [3.05, 3.63) is 0 Å². The van der Waals surface area contributed by atoms with Gasteiger partial charge in [0.1, 0.15) is 0 Å². The van der Waals surface area contributed by atoms with E-state index in [0.717, 1.165) is 25.9 Å². The van der Waals surface area contributed by atoms with E-state index in [1.165, 1.54) is 0 Å². The summed E-state index contributed by atoms with van der Waals surface area (Å²) in [7, 11) is 0. The number of piperidine rings is 1. The molecule has 2 atom stereocenters. The number of amides is 1. The van der Waals surface area contributed by atoms with E-state index in [1.54, 1.807) is 0 Å². The van der Waals surface area contributed by atoms with E-state index in [-0.39, 0.29) is 17.9 Å². The average Bonchev–Trinajstić information content (AvgIpc) is 2.27. The lowest BCUT2D eigenvalue weighted by atomic mass is 9.98. The van der Waals surface area contributed by atoms with Crippen molar-refractivity contribution in [2.24, 2.45) is 5.92 Å².